The van der Waals surface area contributed by atoms with Crippen molar-refractivity contribution in [2.75, 3.05) is 24.5 Å². The molecule has 0 saturated carbocycles. The lowest BCUT2D eigenvalue weighted by Gasteiger charge is -2.38. The van der Waals surface area contributed by atoms with E-state index in [1.54, 1.807) is 29.2 Å². The first-order valence-corrected chi connectivity index (χ1v) is 11.1. The molecule has 10 heteroatoms. The van der Waals surface area contributed by atoms with Gasteiger partial charge >= 0.3 is 0 Å². The Morgan fingerprint density at radius 1 is 1.20 bits per heavy atom. The van der Waals surface area contributed by atoms with Crippen LogP contribution in [-0.2, 0) is 4.79 Å². The van der Waals surface area contributed by atoms with Gasteiger partial charge in [-0.25, -0.2) is 18.7 Å². The van der Waals surface area contributed by atoms with E-state index in [-0.39, 0.29) is 35.2 Å². The van der Waals surface area contributed by atoms with Gasteiger partial charge in [0.15, 0.2) is 5.82 Å². The van der Waals surface area contributed by atoms with Crippen molar-refractivity contribution in [2.24, 2.45) is 0 Å². The number of carbonyl (C=O) groups is 1. The Bertz CT molecular complexity index is 1550. The number of nitrogens with zero attached hydrogens (tertiary/aromatic N) is 6. The van der Waals surface area contributed by atoms with Crippen LogP contribution < -0.4 is 4.90 Å². The molecule has 0 radical (unpaired) electrons. The maximum Gasteiger partial charge on any atom is 0.247 e. The average Bonchev–Trinajstić information content (AvgIpc) is 2.89. The zero-order valence-corrected chi connectivity index (χ0v) is 19.0. The van der Waals surface area contributed by atoms with Gasteiger partial charge in [0, 0.05) is 30.2 Å². The van der Waals surface area contributed by atoms with E-state index in [1.165, 1.54) is 29.6 Å². The molecule has 2 aromatic carbocycles. The monoisotopic (exact) mass is 490 g/mol. The van der Waals surface area contributed by atoms with Crippen molar-refractivity contribution in [3.8, 4) is 17.3 Å². The molecular weight excluding hydrogens is 474 g/mol. The normalized spacial score (nSPS) is 15.9. The summed E-state index contributed by atoms with van der Waals surface area (Å²) in [4.78, 5) is 28.1. The molecule has 0 aliphatic carbocycles. The Hall–Kier alpha value is -4.16. The maximum absolute atomic E-state index is 15.8. The summed E-state index contributed by atoms with van der Waals surface area (Å²) in [5.74, 6) is -1.23. The van der Waals surface area contributed by atoms with Crippen molar-refractivity contribution >= 4 is 45.0 Å². The van der Waals surface area contributed by atoms with Crippen molar-refractivity contribution in [3.05, 3.63) is 72.2 Å². The molecule has 35 heavy (non-hydrogen) atoms. The van der Waals surface area contributed by atoms with Crippen LogP contribution in [0.5, 0.6) is 0 Å². The molecule has 1 atom stereocenters. The number of piperazine rings is 1. The number of carbonyl (C=O) groups excluding carboxylic acids is 1. The molecule has 3 heterocycles. The fourth-order valence-corrected chi connectivity index (χ4v) is 4.67. The van der Waals surface area contributed by atoms with Crippen LogP contribution in [0.4, 0.5) is 14.6 Å². The lowest BCUT2D eigenvalue weighted by molar-refractivity contribution is -0.127. The molecule has 0 spiro atoms. The number of amides is 1. The molecule has 1 unspecified atom stereocenters. The van der Waals surface area contributed by atoms with Gasteiger partial charge in [0.25, 0.3) is 0 Å². The minimum atomic E-state index is -0.718. The molecule has 1 aliphatic rings. The number of pyridine rings is 1. The average molecular weight is 491 g/mol. The van der Waals surface area contributed by atoms with Gasteiger partial charge in [-0.2, -0.15) is 5.26 Å². The first kappa shape index (κ1) is 22.6. The van der Waals surface area contributed by atoms with Gasteiger partial charge in [-0.05, 0) is 17.5 Å². The quantitative estimate of drug-likeness (QED) is 0.393. The molecule has 0 bridgehead atoms. The third kappa shape index (κ3) is 3.72. The van der Waals surface area contributed by atoms with Crippen molar-refractivity contribution in [2.45, 2.75) is 6.04 Å². The third-order valence-corrected chi connectivity index (χ3v) is 6.45. The van der Waals surface area contributed by atoms with Gasteiger partial charge in [-0.15, -0.1) is 0 Å². The van der Waals surface area contributed by atoms with Crippen LogP contribution in [0.15, 0.2) is 55.5 Å². The third-order valence-electron chi connectivity index (χ3n) is 6.08. The Labute approximate surface area is 203 Å². The number of hydrogen-bond acceptors (Lipinski definition) is 6. The molecule has 5 rings (SSSR count). The smallest absolute Gasteiger partial charge is 0.247 e. The van der Waals surface area contributed by atoms with E-state index in [1.807, 2.05) is 0 Å². The molecule has 1 aliphatic heterocycles. The molecule has 1 fully saturated rings. The second-order valence-electron chi connectivity index (χ2n) is 7.97. The van der Waals surface area contributed by atoms with Crippen molar-refractivity contribution < 1.29 is 13.6 Å². The van der Waals surface area contributed by atoms with Gasteiger partial charge in [0.05, 0.1) is 23.0 Å². The Morgan fingerprint density at radius 3 is 2.80 bits per heavy atom. The lowest BCUT2D eigenvalue weighted by Crippen LogP contribution is -2.54. The lowest BCUT2D eigenvalue weighted by atomic mass is 10.0. The second-order valence-corrected chi connectivity index (χ2v) is 8.35. The number of halogens is 3. The fraction of sp³-hybridized carbons (Fsp3) is 0.160. The van der Waals surface area contributed by atoms with Crippen LogP contribution in [0.25, 0.3) is 32.9 Å². The summed E-state index contributed by atoms with van der Waals surface area (Å²) >= 11 is 6.23. The van der Waals surface area contributed by atoms with E-state index in [4.69, 9.17) is 11.6 Å². The molecular formula is C25H17ClF2N6O. The van der Waals surface area contributed by atoms with Gasteiger partial charge in [0.1, 0.15) is 35.2 Å². The summed E-state index contributed by atoms with van der Waals surface area (Å²) in [6.07, 6.45) is 3.87. The Balaban J connectivity index is 1.60. The summed E-state index contributed by atoms with van der Waals surface area (Å²) < 4.78 is 30.0. The molecule has 7 nitrogen and oxygen atoms in total. The predicted molar refractivity (Wildman–Crippen MR) is 129 cm³/mol. The Morgan fingerprint density at radius 2 is 2.03 bits per heavy atom. The summed E-state index contributed by atoms with van der Waals surface area (Å²) in [5.41, 5.74) is 0.354. The summed E-state index contributed by atoms with van der Waals surface area (Å²) in [6.45, 7) is 4.33. The predicted octanol–water partition coefficient (Wildman–Crippen LogP) is 4.50. The van der Waals surface area contributed by atoms with E-state index in [9.17, 15) is 14.4 Å². The number of nitriles is 1. The van der Waals surface area contributed by atoms with E-state index in [2.05, 4.69) is 27.6 Å². The largest absolute Gasteiger partial charge is 0.351 e. The van der Waals surface area contributed by atoms with Crippen molar-refractivity contribution in [3.63, 3.8) is 0 Å². The number of aromatic nitrogens is 3. The summed E-state index contributed by atoms with van der Waals surface area (Å²) in [5, 5.41) is 10.8. The summed E-state index contributed by atoms with van der Waals surface area (Å²) in [7, 11) is 0. The number of anilines is 1. The molecule has 0 N–H and O–H groups in total. The van der Waals surface area contributed by atoms with Crippen LogP contribution in [0.3, 0.4) is 0 Å². The highest BCUT2D eigenvalue weighted by atomic mass is 35.5. The van der Waals surface area contributed by atoms with Gasteiger partial charge < -0.3 is 9.80 Å². The van der Waals surface area contributed by atoms with Crippen molar-refractivity contribution in [1.29, 1.82) is 5.26 Å². The maximum atomic E-state index is 15.8. The highest BCUT2D eigenvalue weighted by Gasteiger charge is 2.31. The highest BCUT2D eigenvalue weighted by Crippen LogP contribution is 2.37. The zero-order valence-electron chi connectivity index (χ0n) is 18.3. The van der Waals surface area contributed by atoms with Gasteiger partial charge in [0.2, 0.25) is 5.91 Å². The SMILES string of the molecule is C=CC(=O)N1CCN(c2ncnc3c(F)c(-c4cccc5ccc(F)c(Cl)c45)ncc23)CC1C#N. The summed E-state index contributed by atoms with van der Waals surface area (Å²) in [6, 6.07) is 9.33. The van der Waals surface area contributed by atoms with Crippen LogP contribution >= 0.6 is 11.6 Å². The minimum Gasteiger partial charge on any atom is -0.351 e. The van der Waals surface area contributed by atoms with Crippen LogP contribution in [-0.4, -0.2) is 51.4 Å². The first-order valence-electron chi connectivity index (χ1n) is 10.7. The standard InChI is InChI=1S/C25H17ClF2N6O/c1-2-19(35)34-9-8-33(12-15(34)10-29)25-17-11-30-23(22(28)24(17)31-13-32-25)16-5-3-4-14-6-7-18(27)21(26)20(14)16/h2-7,11,13,15H,1,8-9,12H2. The molecule has 1 saturated heterocycles. The van der Waals surface area contributed by atoms with E-state index in [0.29, 0.717) is 34.1 Å². The number of rotatable bonds is 3. The van der Waals surface area contributed by atoms with E-state index >= 15 is 4.39 Å². The van der Waals surface area contributed by atoms with E-state index in [0.717, 1.165) is 0 Å². The molecule has 1 amide bonds. The first-order chi connectivity index (χ1) is 16.9. The van der Waals surface area contributed by atoms with Gasteiger partial charge in [-0.1, -0.05) is 42.4 Å². The molecule has 4 aromatic rings. The minimum absolute atomic E-state index is 0.0171. The number of fused-ring (bicyclic) bond motifs is 2. The number of hydrogen-bond donors (Lipinski definition) is 0. The van der Waals surface area contributed by atoms with Crippen LogP contribution in [0.1, 0.15) is 0 Å². The highest BCUT2D eigenvalue weighted by molar-refractivity contribution is 6.36. The fourth-order valence-electron chi connectivity index (χ4n) is 4.39. The molecule has 2 aromatic heterocycles. The van der Waals surface area contributed by atoms with Gasteiger partial charge in [-0.3, -0.25) is 9.78 Å². The van der Waals surface area contributed by atoms with Crippen LogP contribution in [0.2, 0.25) is 5.02 Å². The van der Waals surface area contributed by atoms with E-state index < -0.39 is 17.7 Å². The van der Waals surface area contributed by atoms with Crippen LogP contribution in [0, 0.1) is 23.0 Å². The van der Waals surface area contributed by atoms with Crippen molar-refractivity contribution in [1.82, 2.24) is 19.9 Å². The topological polar surface area (TPSA) is 86.0 Å². The number of benzene rings is 2. The Kier molecular flexibility index (Phi) is 5.75. The second kappa shape index (κ2) is 8.89. The molecule has 174 valence electrons. The zero-order chi connectivity index (χ0) is 24.7.